The summed E-state index contributed by atoms with van der Waals surface area (Å²) in [5, 5.41) is 3.27. The molecule has 1 N–H and O–H groups in total. The maximum absolute atomic E-state index is 13.6. The molecule has 2 rings (SSSR count). The van der Waals surface area contributed by atoms with Gasteiger partial charge in [-0.25, -0.2) is 4.39 Å². The van der Waals surface area contributed by atoms with Gasteiger partial charge in [-0.1, -0.05) is 19.9 Å². The van der Waals surface area contributed by atoms with E-state index < -0.39 is 0 Å². The van der Waals surface area contributed by atoms with Gasteiger partial charge in [0.15, 0.2) is 11.6 Å². The molecule has 1 aromatic rings. The van der Waals surface area contributed by atoms with Crippen LogP contribution in [0.4, 0.5) is 4.39 Å². The van der Waals surface area contributed by atoms with Crippen molar-refractivity contribution < 1.29 is 9.13 Å². The minimum Gasteiger partial charge on any atom is -0.494 e. The first-order valence-electron chi connectivity index (χ1n) is 5.53. The van der Waals surface area contributed by atoms with Gasteiger partial charge in [0.1, 0.15) is 0 Å². The van der Waals surface area contributed by atoms with Crippen molar-refractivity contribution >= 4 is 0 Å². The van der Waals surface area contributed by atoms with Crippen molar-refractivity contribution in [3.63, 3.8) is 0 Å². The highest BCUT2D eigenvalue weighted by Crippen LogP contribution is 2.58. The number of likely N-dealkylation sites (N-methyl/N-ethyl adjacent to an activating group) is 1. The molecule has 0 amide bonds. The number of nitrogens with one attached hydrogen (secondary N) is 1. The quantitative estimate of drug-likeness (QED) is 0.850. The van der Waals surface area contributed by atoms with Gasteiger partial charge in [0.05, 0.1) is 7.11 Å². The molecule has 1 saturated carbocycles. The second-order valence-corrected chi connectivity index (χ2v) is 4.96. The van der Waals surface area contributed by atoms with Gasteiger partial charge in [0.2, 0.25) is 0 Å². The highest BCUT2D eigenvalue weighted by Gasteiger charge is 2.57. The molecule has 0 aromatic heterocycles. The fourth-order valence-electron chi connectivity index (χ4n) is 2.67. The Morgan fingerprint density at radius 3 is 2.50 bits per heavy atom. The monoisotopic (exact) mass is 223 g/mol. The van der Waals surface area contributed by atoms with E-state index in [1.165, 1.54) is 7.11 Å². The van der Waals surface area contributed by atoms with Gasteiger partial charge < -0.3 is 10.1 Å². The minimum atomic E-state index is -0.280. The molecule has 0 aliphatic heterocycles. The van der Waals surface area contributed by atoms with E-state index in [1.54, 1.807) is 12.1 Å². The Kier molecular flexibility index (Phi) is 2.66. The third kappa shape index (κ3) is 1.59. The number of halogens is 1. The van der Waals surface area contributed by atoms with Crippen molar-refractivity contribution in [1.29, 1.82) is 0 Å². The Bertz CT molecular complexity index is 403. The zero-order valence-electron chi connectivity index (χ0n) is 10.2. The molecule has 2 nitrogen and oxygen atoms in total. The van der Waals surface area contributed by atoms with Crippen molar-refractivity contribution in [1.82, 2.24) is 5.32 Å². The molecule has 16 heavy (non-hydrogen) atoms. The summed E-state index contributed by atoms with van der Waals surface area (Å²) in [5.74, 6) is 0.415. The molecule has 0 bridgehead atoms. The highest BCUT2D eigenvalue weighted by atomic mass is 19.1. The van der Waals surface area contributed by atoms with E-state index in [9.17, 15) is 4.39 Å². The van der Waals surface area contributed by atoms with Gasteiger partial charge in [0.25, 0.3) is 0 Å². The van der Waals surface area contributed by atoms with E-state index >= 15 is 0 Å². The number of benzene rings is 1. The van der Waals surface area contributed by atoms with Crippen LogP contribution in [0.1, 0.15) is 25.3 Å². The standard InChI is InChI=1S/C13H18FNO/c1-13(2)11(12(13)15-3)8-5-6-10(16-4)9(14)7-8/h5-7,11-12,15H,1-4H3. The van der Waals surface area contributed by atoms with Gasteiger partial charge in [0, 0.05) is 12.0 Å². The lowest BCUT2D eigenvalue weighted by Crippen LogP contribution is -2.14. The van der Waals surface area contributed by atoms with Crippen molar-refractivity contribution in [2.24, 2.45) is 5.41 Å². The highest BCUT2D eigenvalue weighted by molar-refractivity contribution is 5.38. The molecule has 0 saturated heterocycles. The first kappa shape index (κ1) is 11.4. The van der Waals surface area contributed by atoms with Gasteiger partial charge in [-0.2, -0.15) is 0 Å². The van der Waals surface area contributed by atoms with Crippen molar-refractivity contribution in [2.45, 2.75) is 25.8 Å². The Hall–Kier alpha value is -1.09. The van der Waals surface area contributed by atoms with Gasteiger partial charge in [-0.05, 0) is 30.2 Å². The zero-order chi connectivity index (χ0) is 11.9. The Morgan fingerprint density at radius 2 is 2.06 bits per heavy atom. The first-order valence-corrected chi connectivity index (χ1v) is 5.53. The van der Waals surface area contributed by atoms with Gasteiger partial charge >= 0.3 is 0 Å². The van der Waals surface area contributed by atoms with Crippen LogP contribution in [0.5, 0.6) is 5.75 Å². The number of methoxy groups -OCH3 is 1. The molecule has 1 aromatic carbocycles. The first-order chi connectivity index (χ1) is 7.52. The van der Waals surface area contributed by atoms with Crippen LogP contribution in [-0.2, 0) is 0 Å². The molecule has 88 valence electrons. The number of rotatable bonds is 3. The number of ether oxygens (including phenoxy) is 1. The van der Waals surface area contributed by atoms with E-state index in [2.05, 4.69) is 19.2 Å². The van der Waals surface area contributed by atoms with Gasteiger partial charge in [-0.3, -0.25) is 0 Å². The molecule has 3 heteroatoms. The molecule has 1 aliphatic rings. The maximum Gasteiger partial charge on any atom is 0.165 e. The summed E-state index contributed by atoms with van der Waals surface area (Å²) >= 11 is 0. The average molecular weight is 223 g/mol. The van der Waals surface area contributed by atoms with E-state index in [0.717, 1.165) is 5.56 Å². The molecule has 2 unspecified atom stereocenters. The molecule has 1 aliphatic carbocycles. The second kappa shape index (κ2) is 3.74. The molecule has 0 radical (unpaired) electrons. The Morgan fingerprint density at radius 1 is 1.38 bits per heavy atom. The molecular formula is C13H18FNO. The second-order valence-electron chi connectivity index (χ2n) is 4.96. The predicted octanol–water partition coefficient (Wildman–Crippen LogP) is 2.55. The van der Waals surface area contributed by atoms with Crippen LogP contribution in [0, 0.1) is 11.2 Å². The number of hydrogen-bond donors (Lipinski definition) is 1. The van der Waals surface area contributed by atoms with E-state index in [0.29, 0.717) is 17.7 Å². The predicted molar refractivity (Wildman–Crippen MR) is 62.3 cm³/mol. The average Bonchev–Trinajstić information content (AvgIpc) is 2.80. The molecule has 0 spiro atoms. The van der Waals surface area contributed by atoms with Crippen LogP contribution in [0.3, 0.4) is 0 Å². The lowest BCUT2D eigenvalue weighted by atomic mass is 10.0. The van der Waals surface area contributed by atoms with Crippen LogP contribution >= 0.6 is 0 Å². The Balaban J connectivity index is 2.27. The van der Waals surface area contributed by atoms with Crippen molar-refractivity contribution in [3.05, 3.63) is 29.6 Å². The SMILES string of the molecule is CNC1C(c2ccc(OC)c(F)c2)C1(C)C. The summed E-state index contributed by atoms with van der Waals surface area (Å²) in [6.45, 7) is 4.39. The third-order valence-corrected chi connectivity index (χ3v) is 3.67. The number of hydrogen-bond acceptors (Lipinski definition) is 2. The molecule has 2 atom stereocenters. The van der Waals surface area contributed by atoms with Gasteiger partial charge in [-0.15, -0.1) is 0 Å². The Labute approximate surface area is 95.8 Å². The largest absolute Gasteiger partial charge is 0.494 e. The fraction of sp³-hybridized carbons (Fsp3) is 0.538. The van der Waals surface area contributed by atoms with Crippen LogP contribution in [0.25, 0.3) is 0 Å². The van der Waals surface area contributed by atoms with Crippen molar-refractivity contribution in [3.8, 4) is 5.75 Å². The summed E-state index contributed by atoms with van der Waals surface area (Å²) in [6, 6.07) is 5.67. The lowest BCUT2D eigenvalue weighted by Gasteiger charge is -2.06. The van der Waals surface area contributed by atoms with E-state index in [-0.39, 0.29) is 11.2 Å². The molecular weight excluding hydrogens is 205 g/mol. The summed E-state index contributed by atoms with van der Waals surface area (Å²) in [4.78, 5) is 0. The summed E-state index contributed by atoms with van der Waals surface area (Å²) < 4.78 is 18.5. The minimum absolute atomic E-state index is 0.204. The maximum atomic E-state index is 13.6. The lowest BCUT2D eigenvalue weighted by molar-refractivity contribution is 0.386. The normalized spacial score (nSPS) is 26.6. The fourth-order valence-corrected chi connectivity index (χ4v) is 2.67. The summed E-state index contributed by atoms with van der Waals surface area (Å²) in [5.41, 5.74) is 1.25. The summed E-state index contributed by atoms with van der Waals surface area (Å²) in [6.07, 6.45) is 0. The molecule has 1 fully saturated rings. The van der Waals surface area contributed by atoms with Crippen LogP contribution in [-0.4, -0.2) is 20.2 Å². The van der Waals surface area contributed by atoms with Crippen LogP contribution < -0.4 is 10.1 Å². The third-order valence-electron chi connectivity index (χ3n) is 3.67. The molecule has 0 heterocycles. The topological polar surface area (TPSA) is 21.3 Å². The smallest absolute Gasteiger partial charge is 0.165 e. The van der Waals surface area contributed by atoms with Crippen molar-refractivity contribution in [2.75, 3.05) is 14.2 Å². The zero-order valence-corrected chi connectivity index (χ0v) is 10.2. The summed E-state index contributed by atoms with van der Waals surface area (Å²) in [7, 11) is 3.43. The van der Waals surface area contributed by atoms with E-state index in [4.69, 9.17) is 4.74 Å². The van der Waals surface area contributed by atoms with E-state index in [1.807, 2.05) is 13.1 Å². The van der Waals surface area contributed by atoms with Crippen LogP contribution in [0.2, 0.25) is 0 Å². The van der Waals surface area contributed by atoms with Crippen LogP contribution in [0.15, 0.2) is 18.2 Å².